The summed E-state index contributed by atoms with van der Waals surface area (Å²) in [4.78, 5) is 0. The lowest BCUT2D eigenvalue weighted by molar-refractivity contribution is 1.35. The first-order valence-electron chi connectivity index (χ1n) is 3.62. The van der Waals surface area contributed by atoms with E-state index < -0.39 is 0 Å². The van der Waals surface area contributed by atoms with Crippen LogP contribution in [0.15, 0.2) is 34.3 Å². The van der Waals surface area contributed by atoms with Gasteiger partial charge in [0.25, 0.3) is 0 Å². The van der Waals surface area contributed by atoms with Crippen LogP contribution in [-0.4, -0.2) is 7.85 Å². The molecule has 0 saturated carbocycles. The zero-order valence-corrected chi connectivity index (χ0v) is 8.42. The van der Waals surface area contributed by atoms with Crippen molar-refractivity contribution in [2.45, 2.75) is 20.8 Å². The molecule has 2 heteroatoms. The molecular weight excluding hydrogens is 154 g/mol. The predicted octanol–water partition coefficient (Wildman–Crippen LogP) is 2.61. The average Bonchev–Trinajstić information content (AvgIpc) is 1.84. The smallest absolute Gasteiger partial charge is 0.105 e. The average molecular weight is 168 g/mol. The van der Waals surface area contributed by atoms with Crippen LogP contribution in [0.2, 0.25) is 0 Å². The molecule has 0 heterocycles. The van der Waals surface area contributed by atoms with Gasteiger partial charge >= 0.3 is 0 Å². The van der Waals surface area contributed by atoms with Crippen molar-refractivity contribution >= 4 is 19.4 Å². The van der Waals surface area contributed by atoms with E-state index in [1.54, 1.807) is 0 Å². The highest BCUT2D eigenvalue weighted by molar-refractivity contribution is 6.29. The van der Waals surface area contributed by atoms with Crippen molar-refractivity contribution in [1.29, 1.82) is 0 Å². The van der Waals surface area contributed by atoms with Crippen molar-refractivity contribution in [1.82, 2.24) is 0 Å². The first-order valence-corrected chi connectivity index (χ1v) is 4.00. The molecular formula is C9H14BCl. The summed E-state index contributed by atoms with van der Waals surface area (Å²) < 4.78 is 0. The molecule has 0 N–H and O–H groups in total. The summed E-state index contributed by atoms with van der Waals surface area (Å²) in [5.74, 6) is 0. The summed E-state index contributed by atoms with van der Waals surface area (Å²) in [6.45, 7) is 9.81. The molecule has 0 aliphatic rings. The lowest BCUT2D eigenvalue weighted by Gasteiger charge is -2.02. The third-order valence-electron chi connectivity index (χ3n) is 1.65. The van der Waals surface area contributed by atoms with E-state index in [4.69, 9.17) is 11.6 Å². The van der Waals surface area contributed by atoms with Crippen LogP contribution >= 0.6 is 11.6 Å². The second kappa shape index (κ2) is 4.45. The fourth-order valence-corrected chi connectivity index (χ4v) is 0.907. The van der Waals surface area contributed by atoms with Crippen LogP contribution in [0, 0.1) is 0 Å². The molecule has 0 atom stereocenters. The maximum Gasteiger partial charge on any atom is 0.138 e. The van der Waals surface area contributed by atoms with Crippen molar-refractivity contribution in [3.8, 4) is 0 Å². The molecule has 0 bridgehead atoms. The summed E-state index contributed by atoms with van der Waals surface area (Å²) in [6.07, 6.45) is 1.95. The Morgan fingerprint density at radius 1 is 1.36 bits per heavy atom. The number of allylic oxidation sites excluding steroid dienone is 5. The Morgan fingerprint density at radius 2 is 1.82 bits per heavy atom. The first kappa shape index (κ1) is 10.6. The molecule has 0 aromatic rings. The Balaban J connectivity index is 4.68. The quantitative estimate of drug-likeness (QED) is 0.439. The molecule has 0 saturated heterocycles. The van der Waals surface area contributed by atoms with Gasteiger partial charge in [-0.05, 0) is 32.4 Å². The molecule has 0 spiro atoms. The molecule has 0 unspecified atom stereocenters. The summed E-state index contributed by atoms with van der Waals surface area (Å²) >= 11 is 5.72. The molecule has 60 valence electrons. The van der Waals surface area contributed by atoms with Gasteiger partial charge in [-0.2, -0.15) is 0 Å². The highest BCUT2D eigenvalue weighted by Gasteiger charge is 1.93. The summed E-state index contributed by atoms with van der Waals surface area (Å²) in [5.41, 5.74) is 3.49. The van der Waals surface area contributed by atoms with Crippen molar-refractivity contribution < 1.29 is 0 Å². The molecule has 0 fully saturated rings. The van der Waals surface area contributed by atoms with Gasteiger partial charge < -0.3 is 0 Å². The largest absolute Gasteiger partial charge is 0.138 e. The monoisotopic (exact) mass is 168 g/mol. The molecule has 0 aliphatic carbocycles. The van der Waals surface area contributed by atoms with Gasteiger partial charge in [0.05, 0.1) is 0 Å². The van der Waals surface area contributed by atoms with Gasteiger partial charge in [-0.1, -0.05) is 22.6 Å². The Bertz CT molecular complexity index is 220. The van der Waals surface area contributed by atoms with Gasteiger partial charge in [-0.25, -0.2) is 0 Å². The second-order valence-electron chi connectivity index (χ2n) is 2.82. The van der Waals surface area contributed by atoms with E-state index in [1.165, 1.54) is 11.1 Å². The van der Waals surface area contributed by atoms with Gasteiger partial charge in [0.1, 0.15) is 7.85 Å². The van der Waals surface area contributed by atoms with E-state index in [-0.39, 0.29) is 0 Å². The highest BCUT2D eigenvalue weighted by atomic mass is 35.5. The van der Waals surface area contributed by atoms with Crippen LogP contribution in [0.5, 0.6) is 0 Å². The highest BCUT2D eigenvalue weighted by Crippen LogP contribution is 2.13. The zero-order valence-electron chi connectivity index (χ0n) is 7.66. The maximum absolute atomic E-state index is 5.72. The van der Waals surface area contributed by atoms with Crippen LogP contribution in [0.25, 0.3) is 0 Å². The summed E-state index contributed by atoms with van der Waals surface area (Å²) in [5, 5.41) is 0.808. The molecule has 0 radical (unpaired) electrons. The summed E-state index contributed by atoms with van der Waals surface area (Å²) in [6, 6.07) is 0. The lowest BCUT2D eigenvalue weighted by atomic mass is 9.88. The number of rotatable bonds is 2. The van der Waals surface area contributed by atoms with Gasteiger partial charge in [0.2, 0.25) is 0 Å². The minimum Gasteiger partial charge on any atom is -0.105 e. The van der Waals surface area contributed by atoms with Crippen molar-refractivity contribution in [2.24, 2.45) is 0 Å². The third kappa shape index (κ3) is 4.10. The minimum atomic E-state index is 0.808. The molecule has 0 amide bonds. The number of hydrogen-bond donors (Lipinski definition) is 0. The van der Waals surface area contributed by atoms with Crippen LogP contribution in [0.3, 0.4) is 0 Å². The van der Waals surface area contributed by atoms with Crippen LogP contribution < -0.4 is 0 Å². The fraction of sp³-hybridized carbons (Fsp3) is 0.333. The van der Waals surface area contributed by atoms with Crippen LogP contribution in [0.1, 0.15) is 20.8 Å². The molecule has 0 aliphatic heterocycles. The molecule has 11 heavy (non-hydrogen) atoms. The molecule has 0 nitrogen and oxygen atoms in total. The molecule has 0 aromatic carbocycles. The van der Waals surface area contributed by atoms with E-state index >= 15 is 0 Å². The minimum absolute atomic E-state index is 0.808. The van der Waals surface area contributed by atoms with E-state index in [1.807, 2.05) is 34.7 Å². The number of halogens is 1. The van der Waals surface area contributed by atoms with Gasteiger partial charge in [0.15, 0.2) is 0 Å². The fourth-order valence-electron chi connectivity index (χ4n) is 0.743. The van der Waals surface area contributed by atoms with Gasteiger partial charge in [0, 0.05) is 5.03 Å². The van der Waals surface area contributed by atoms with Crippen molar-refractivity contribution in [3.63, 3.8) is 0 Å². The van der Waals surface area contributed by atoms with Gasteiger partial charge in [-0.3, -0.25) is 0 Å². The molecule has 0 aromatic heterocycles. The topological polar surface area (TPSA) is 0 Å². The third-order valence-corrected chi connectivity index (χ3v) is 1.76. The van der Waals surface area contributed by atoms with E-state index in [9.17, 15) is 0 Å². The predicted molar refractivity (Wildman–Crippen MR) is 55.7 cm³/mol. The van der Waals surface area contributed by atoms with E-state index in [2.05, 4.69) is 6.58 Å². The SMILES string of the molecule is BC(=C)/C(C)=C(C)\C=C(/C)Cl. The van der Waals surface area contributed by atoms with Crippen molar-refractivity contribution in [3.05, 3.63) is 34.3 Å². The Morgan fingerprint density at radius 3 is 2.09 bits per heavy atom. The van der Waals surface area contributed by atoms with Crippen LogP contribution in [0.4, 0.5) is 0 Å². The maximum atomic E-state index is 5.72. The first-order chi connectivity index (χ1) is 4.95. The normalized spacial score (nSPS) is 14.4. The molecule has 0 rings (SSSR count). The van der Waals surface area contributed by atoms with Gasteiger partial charge in [-0.15, -0.1) is 6.58 Å². The van der Waals surface area contributed by atoms with Crippen molar-refractivity contribution in [2.75, 3.05) is 0 Å². The Kier molecular flexibility index (Phi) is 4.28. The lowest BCUT2D eigenvalue weighted by Crippen LogP contribution is -1.85. The van der Waals surface area contributed by atoms with E-state index in [0.29, 0.717) is 0 Å². The van der Waals surface area contributed by atoms with Crippen LogP contribution in [-0.2, 0) is 0 Å². The van der Waals surface area contributed by atoms with E-state index in [0.717, 1.165) is 10.5 Å². The number of hydrogen-bond acceptors (Lipinski definition) is 0. The zero-order chi connectivity index (χ0) is 9.02. The Hall–Kier alpha value is -0.425. The summed E-state index contributed by atoms with van der Waals surface area (Å²) in [7, 11) is 2.00. The second-order valence-corrected chi connectivity index (χ2v) is 3.42. The standard InChI is InChI=1S/C9H14BCl/c1-6(5-7(2)11)8(3)9(4)10/h5H,4,10H2,1-3H3/b7-5+,8-6-. The Labute approximate surface area is 75.0 Å².